The minimum absolute atomic E-state index is 0.100. The summed E-state index contributed by atoms with van der Waals surface area (Å²) < 4.78 is 5.80. The standard InChI is InChI=1S/C15H24N2O/c1-13-4-6-14(7-5-13)18-11-9-15(12-16)8-2-3-10-17-15/h4-7,17H,2-3,8-12,16H2,1H3. The van der Waals surface area contributed by atoms with E-state index in [1.54, 1.807) is 0 Å². The Balaban J connectivity index is 1.81. The quantitative estimate of drug-likeness (QED) is 0.840. The number of piperidine rings is 1. The van der Waals surface area contributed by atoms with Gasteiger partial charge in [0.25, 0.3) is 0 Å². The molecule has 1 aliphatic heterocycles. The smallest absolute Gasteiger partial charge is 0.119 e. The molecule has 3 nitrogen and oxygen atoms in total. The number of ether oxygens (including phenoxy) is 1. The van der Waals surface area contributed by atoms with Crippen LogP contribution in [0.5, 0.6) is 5.75 Å². The molecule has 3 heteroatoms. The molecule has 1 aliphatic rings. The second-order valence-electron chi connectivity index (χ2n) is 5.28. The predicted octanol–water partition coefficient (Wildman–Crippen LogP) is 2.23. The molecule has 0 spiro atoms. The number of aryl methyl sites for hydroxylation is 1. The molecular weight excluding hydrogens is 224 g/mol. The maximum atomic E-state index is 5.92. The molecule has 0 aromatic heterocycles. The first-order valence-electron chi connectivity index (χ1n) is 6.89. The van der Waals surface area contributed by atoms with Crippen LogP contribution in [0.3, 0.4) is 0 Å². The third-order valence-electron chi connectivity index (χ3n) is 3.84. The van der Waals surface area contributed by atoms with Crippen molar-refractivity contribution >= 4 is 0 Å². The summed E-state index contributed by atoms with van der Waals surface area (Å²) in [6.45, 7) is 4.60. The van der Waals surface area contributed by atoms with Crippen molar-refractivity contribution in [2.45, 2.75) is 38.1 Å². The van der Waals surface area contributed by atoms with Crippen LogP contribution in [0.2, 0.25) is 0 Å². The van der Waals surface area contributed by atoms with Gasteiger partial charge in [0.15, 0.2) is 0 Å². The average molecular weight is 248 g/mol. The zero-order valence-electron chi connectivity index (χ0n) is 11.2. The van der Waals surface area contributed by atoms with Crippen LogP contribution < -0.4 is 15.8 Å². The van der Waals surface area contributed by atoms with E-state index in [0.717, 1.165) is 25.3 Å². The fourth-order valence-electron chi connectivity index (χ4n) is 2.52. The Morgan fingerprint density at radius 3 is 2.67 bits per heavy atom. The molecule has 1 heterocycles. The molecule has 1 fully saturated rings. The molecule has 1 atom stereocenters. The Bertz CT molecular complexity index is 355. The summed E-state index contributed by atoms with van der Waals surface area (Å²) in [4.78, 5) is 0. The van der Waals surface area contributed by atoms with Crippen molar-refractivity contribution in [3.8, 4) is 5.75 Å². The highest BCUT2D eigenvalue weighted by Crippen LogP contribution is 2.22. The van der Waals surface area contributed by atoms with Crippen LogP contribution in [0.1, 0.15) is 31.2 Å². The summed E-state index contributed by atoms with van der Waals surface area (Å²) in [6, 6.07) is 8.21. The van der Waals surface area contributed by atoms with Gasteiger partial charge in [0.2, 0.25) is 0 Å². The minimum Gasteiger partial charge on any atom is -0.494 e. The van der Waals surface area contributed by atoms with Gasteiger partial charge in [0.1, 0.15) is 5.75 Å². The van der Waals surface area contributed by atoms with Crippen molar-refractivity contribution in [2.75, 3.05) is 19.7 Å². The zero-order valence-corrected chi connectivity index (χ0v) is 11.2. The summed E-state index contributed by atoms with van der Waals surface area (Å²) in [7, 11) is 0. The molecule has 100 valence electrons. The molecule has 0 bridgehead atoms. The fraction of sp³-hybridized carbons (Fsp3) is 0.600. The predicted molar refractivity (Wildman–Crippen MR) is 74.9 cm³/mol. The van der Waals surface area contributed by atoms with Gasteiger partial charge in [-0.3, -0.25) is 0 Å². The van der Waals surface area contributed by atoms with Crippen LogP contribution in [-0.2, 0) is 0 Å². The van der Waals surface area contributed by atoms with Gasteiger partial charge in [0, 0.05) is 18.5 Å². The number of benzene rings is 1. The Morgan fingerprint density at radius 1 is 1.28 bits per heavy atom. The van der Waals surface area contributed by atoms with Gasteiger partial charge in [-0.15, -0.1) is 0 Å². The van der Waals surface area contributed by atoms with Gasteiger partial charge in [-0.2, -0.15) is 0 Å². The van der Waals surface area contributed by atoms with Crippen LogP contribution in [0.25, 0.3) is 0 Å². The van der Waals surface area contributed by atoms with Gasteiger partial charge in [-0.25, -0.2) is 0 Å². The van der Waals surface area contributed by atoms with E-state index in [9.17, 15) is 0 Å². The number of hydrogen-bond acceptors (Lipinski definition) is 3. The molecule has 0 aliphatic carbocycles. The second-order valence-corrected chi connectivity index (χ2v) is 5.28. The van der Waals surface area contributed by atoms with E-state index >= 15 is 0 Å². The topological polar surface area (TPSA) is 47.3 Å². The Kier molecular flexibility index (Phi) is 4.61. The lowest BCUT2D eigenvalue weighted by Gasteiger charge is -2.37. The van der Waals surface area contributed by atoms with Crippen LogP contribution in [-0.4, -0.2) is 25.2 Å². The molecule has 18 heavy (non-hydrogen) atoms. The van der Waals surface area contributed by atoms with E-state index in [1.807, 2.05) is 12.1 Å². The molecular formula is C15H24N2O. The molecule has 1 saturated heterocycles. The van der Waals surface area contributed by atoms with E-state index < -0.39 is 0 Å². The van der Waals surface area contributed by atoms with E-state index in [1.165, 1.54) is 24.8 Å². The molecule has 0 amide bonds. The van der Waals surface area contributed by atoms with E-state index in [0.29, 0.717) is 6.54 Å². The average Bonchev–Trinajstić information content (AvgIpc) is 2.42. The summed E-state index contributed by atoms with van der Waals surface area (Å²) in [5, 5.41) is 3.57. The van der Waals surface area contributed by atoms with Crippen LogP contribution in [0.4, 0.5) is 0 Å². The van der Waals surface area contributed by atoms with Gasteiger partial charge in [-0.05, 0) is 38.4 Å². The molecule has 2 rings (SSSR count). The monoisotopic (exact) mass is 248 g/mol. The molecule has 1 aromatic carbocycles. The number of rotatable bonds is 5. The van der Waals surface area contributed by atoms with Crippen molar-refractivity contribution in [3.63, 3.8) is 0 Å². The van der Waals surface area contributed by atoms with Crippen molar-refractivity contribution in [1.82, 2.24) is 5.32 Å². The highest BCUT2D eigenvalue weighted by atomic mass is 16.5. The molecule has 0 saturated carbocycles. The van der Waals surface area contributed by atoms with E-state index in [-0.39, 0.29) is 5.54 Å². The highest BCUT2D eigenvalue weighted by Gasteiger charge is 2.29. The van der Waals surface area contributed by atoms with Gasteiger partial charge in [-0.1, -0.05) is 24.1 Å². The summed E-state index contributed by atoms with van der Waals surface area (Å²) in [6.07, 6.45) is 4.69. The molecule has 1 unspecified atom stereocenters. The Morgan fingerprint density at radius 2 is 2.06 bits per heavy atom. The zero-order chi connectivity index (χ0) is 12.8. The second kappa shape index (κ2) is 6.21. The first-order chi connectivity index (χ1) is 8.74. The first-order valence-corrected chi connectivity index (χ1v) is 6.89. The number of nitrogens with one attached hydrogen (secondary N) is 1. The largest absolute Gasteiger partial charge is 0.494 e. The SMILES string of the molecule is Cc1ccc(OCCC2(CN)CCCCN2)cc1. The Labute approximate surface area is 110 Å². The Hall–Kier alpha value is -1.06. The van der Waals surface area contributed by atoms with Crippen molar-refractivity contribution in [1.29, 1.82) is 0 Å². The lowest BCUT2D eigenvalue weighted by Crippen LogP contribution is -2.54. The highest BCUT2D eigenvalue weighted by molar-refractivity contribution is 5.26. The van der Waals surface area contributed by atoms with Crippen molar-refractivity contribution in [2.24, 2.45) is 5.73 Å². The normalized spacial score (nSPS) is 23.9. The lowest BCUT2D eigenvalue weighted by atomic mass is 9.86. The maximum Gasteiger partial charge on any atom is 0.119 e. The van der Waals surface area contributed by atoms with Gasteiger partial charge >= 0.3 is 0 Å². The third kappa shape index (κ3) is 3.47. The summed E-state index contributed by atoms with van der Waals surface area (Å²) in [5.41, 5.74) is 7.28. The summed E-state index contributed by atoms with van der Waals surface area (Å²) >= 11 is 0. The summed E-state index contributed by atoms with van der Waals surface area (Å²) in [5.74, 6) is 0.948. The maximum absolute atomic E-state index is 5.92. The van der Waals surface area contributed by atoms with Gasteiger partial charge < -0.3 is 15.8 Å². The minimum atomic E-state index is 0.100. The number of nitrogens with two attached hydrogens (primary N) is 1. The lowest BCUT2D eigenvalue weighted by molar-refractivity contribution is 0.194. The third-order valence-corrected chi connectivity index (χ3v) is 3.84. The first kappa shape index (κ1) is 13.4. The van der Waals surface area contributed by atoms with Crippen LogP contribution in [0, 0.1) is 6.92 Å². The van der Waals surface area contributed by atoms with Crippen LogP contribution in [0.15, 0.2) is 24.3 Å². The fourth-order valence-corrected chi connectivity index (χ4v) is 2.52. The molecule has 1 aromatic rings. The van der Waals surface area contributed by atoms with E-state index in [4.69, 9.17) is 10.5 Å². The molecule has 3 N–H and O–H groups in total. The van der Waals surface area contributed by atoms with Crippen LogP contribution >= 0.6 is 0 Å². The van der Waals surface area contributed by atoms with Gasteiger partial charge in [0.05, 0.1) is 6.61 Å². The van der Waals surface area contributed by atoms with Crippen molar-refractivity contribution in [3.05, 3.63) is 29.8 Å². The molecule has 0 radical (unpaired) electrons. The van der Waals surface area contributed by atoms with Crippen molar-refractivity contribution < 1.29 is 4.74 Å². The number of hydrogen-bond donors (Lipinski definition) is 2. The van der Waals surface area contributed by atoms with E-state index in [2.05, 4.69) is 24.4 Å².